The number of ether oxygens (including phenoxy) is 1. The van der Waals surface area contributed by atoms with Crippen LogP contribution in [0.2, 0.25) is 0 Å². The maximum Gasteiger partial charge on any atom is 0.191 e. The van der Waals surface area contributed by atoms with Crippen molar-refractivity contribution in [3.8, 4) is 5.69 Å². The number of nitrogens with zero attached hydrogens (tertiary/aromatic N) is 3. The van der Waals surface area contributed by atoms with Crippen LogP contribution in [0, 0.1) is 5.82 Å². The summed E-state index contributed by atoms with van der Waals surface area (Å²) in [5.41, 5.74) is 1.67. The van der Waals surface area contributed by atoms with E-state index in [0.29, 0.717) is 6.54 Å². The van der Waals surface area contributed by atoms with Crippen molar-refractivity contribution < 1.29 is 9.13 Å². The minimum absolute atomic E-state index is 0.143. The Hall–Kier alpha value is -2.41. The molecule has 0 spiro atoms. The summed E-state index contributed by atoms with van der Waals surface area (Å²) < 4.78 is 20.6. The van der Waals surface area contributed by atoms with Gasteiger partial charge in [-0.25, -0.2) is 9.07 Å². The van der Waals surface area contributed by atoms with Gasteiger partial charge >= 0.3 is 0 Å². The van der Waals surface area contributed by atoms with Gasteiger partial charge < -0.3 is 15.4 Å². The zero-order valence-corrected chi connectivity index (χ0v) is 16.0. The fraction of sp³-hybridized carbons (Fsp3) is 0.500. The van der Waals surface area contributed by atoms with Gasteiger partial charge in [0.1, 0.15) is 5.82 Å². The molecule has 1 aromatic heterocycles. The number of guanidine groups is 1. The lowest BCUT2D eigenvalue weighted by molar-refractivity contribution is 0.0283. The largest absolute Gasteiger partial charge is 0.373 e. The number of aliphatic imine (C=N–C) groups is 1. The van der Waals surface area contributed by atoms with E-state index in [1.807, 2.05) is 12.3 Å². The lowest BCUT2D eigenvalue weighted by Crippen LogP contribution is -2.40. The zero-order valence-electron chi connectivity index (χ0n) is 16.0. The number of nitrogens with one attached hydrogen (secondary N) is 2. The molecule has 0 aliphatic carbocycles. The Morgan fingerprint density at radius 3 is 2.81 bits per heavy atom. The van der Waals surface area contributed by atoms with Crippen LogP contribution in [0.15, 0.2) is 41.5 Å². The number of rotatable bonds is 7. The van der Waals surface area contributed by atoms with Crippen LogP contribution in [0.3, 0.4) is 0 Å². The molecule has 0 radical (unpaired) electrons. The fourth-order valence-electron chi connectivity index (χ4n) is 3.09. The highest BCUT2D eigenvalue weighted by molar-refractivity contribution is 5.79. The van der Waals surface area contributed by atoms with Crippen LogP contribution in [-0.4, -0.2) is 47.6 Å². The average Bonchev–Trinajstić information content (AvgIpc) is 3.30. The van der Waals surface area contributed by atoms with Gasteiger partial charge in [-0.1, -0.05) is 0 Å². The minimum atomic E-state index is -0.248. The van der Waals surface area contributed by atoms with Gasteiger partial charge in [-0.15, -0.1) is 0 Å². The molecule has 1 aromatic carbocycles. The summed E-state index contributed by atoms with van der Waals surface area (Å²) in [4.78, 5) is 4.67. The standard InChI is InChI=1S/C20H28FN5O/c1-3-22-19(24-15-20(2)11-4-14-27-20)23-12-9-17-10-13-26(25-17)18-7-5-16(21)6-8-18/h5-8,10,13H,3-4,9,11-12,14-15H2,1-2H3,(H2,22,23,24). The molecule has 146 valence electrons. The van der Waals surface area contributed by atoms with E-state index in [1.54, 1.807) is 16.8 Å². The number of hydrogen-bond donors (Lipinski definition) is 2. The molecule has 6 nitrogen and oxygen atoms in total. The molecule has 1 fully saturated rings. The fourth-order valence-corrected chi connectivity index (χ4v) is 3.09. The molecule has 3 rings (SSSR count). The van der Waals surface area contributed by atoms with Gasteiger partial charge in [-0.3, -0.25) is 4.99 Å². The lowest BCUT2D eigenvalue weighted by Gasteiger charge is -2.21. The molecule has 7 heteroatoms. The Morgan fingerprint density at radius 2 is 2.11 bits per heavy atom. The summed E-state index contributed by atoms with van der Waals surface area (Å²) in [7, 11) is 0. The molecule has 27 heavy (non-hydrogen) atoms. The molecule has 0 amide bonds. The van der Waals surface area contributed by atoms with Crippen molar-refractivity contribution in [2.24, 2.45) is 4.99 Å². The summed E-state index contributed by atoms with van der Waals surface area (Å²) in [5, 5.41) is 11.2. The van der Waals surface area contributed by atoms with Crippen LogP contribution in [0.5, 0.6) is 0 Å². The third kappa shape index (κ3) is 5.53. The summed E-state index contributed by atoms with van der Waals surface area (Å²) >= 11 is 0. The number of halogens is 1. The summed E-state index contributed by atoms with van der Waals surface area (Å²) in [6, 6.07) is 8.28. The summed E-state index contributed by atoms with van der Waals surface area (Å²) in [5.74, 6) is 0.551. The van der Waals surface area contributed by atoms with Crippen molar-refractivity contribution in [1.29, 1.82) is 0 Å². The number of aromatic nitrogens is 2. The maximum atomic E-state index is 13.0. The Kier molecular flexibility index (Phi) is 6.45. The number of benzene rings is 1. The monoisotopic (exact) mass is 373 g/mol. The topological polar surface area (TPSA) is 63.5 Å². The Labute approximate surface area is 159 Å². The number of hydrogen-bond acceptors (Lipinski definition) is 3. The Bertz CT molecular complexity index is 750. The maximum absolute atomic E-state index is 13.0. The van der Waals surface area contributed by atoms with E-state index in [-0.39, 0.29) is 11.4 Å². The molecule has 1 aliphatic rings. The molecular weight excluding hydrogens is 345 g/mol. The predicted molar refractivity (Wildman–Crippen MR) is 105 cm³/mol. The van der Waals surface area contributed by atoms with Crippen molar-refractivity contribution in [2.45, 2.75) is 38.7 Å². The van der Waals surface area contributed by atoms with Crippen molar-refractivity contribution in [3.05, 3.63) is 48.0 Å². The van der Waals surface area contributed by atoms with Crippen LogP contribution >= 0.6 is 0 Å². The van der Waals surface area contributed by atoms with E-state index in [0.717, 1.165) is 56.3 Å². The highest BCUT2D eigenvalue weighted by Crippen LogP contribution is 2.24. The van der Waals surface area contributed by atoms with Crippen LogP contribution < -0.4 is 10.6 Å². The first-order valence-corrected chi connectivity index (χ1v) is 9.55. The third-order valence-electron chi connectivity index (χ3n) is 4.63. The van der Waals surface area contributed by atoms with E-state index in [1.165, 1.54) is 12.1 Å². The molecular formula is C20H28FN5O. The molecule has 1 saturated heterocycles. The molecule has 2 N–H and O–H groups in total. The molecule has 0 bridgehead atoms. The molecule has 1 aliphatic heterocycles. The lowest BCUT2D eigenvalue weighted by atomic mass is 10.0. The van der Waals surface area contributed by atoms with Crippen molar-refractivity contribution in [3.63, 3.8) is 0 Å². The predicted octanol–water partition coefficient (Wildman–Crippen LogP) is 2.68. The second-order valence-corrected chi connectivity index (χ2v) is 7.00. The normalized spacial score (nSPS) is 20.0. The quantitative estimate of drug-likeness (QED) is 0.579. The molecule has 2 heterocycles. The SMILES string of the molecule is CCNC(=NCC1(C)CCCO1)NCCc1ccn(-c2ccc(F)cc2)n1. The zero-order chi connectivity index (χ0) is 19.1. The van der Waals surface area contributed by atoms with E-state index in [9.17, 15) is 4.39 Å². The first kappa shape index (κ1) is 19.4. The van der Waals surface area contributed by atoms with Gasteiger partial charge in [0.05, 0.1) is 23.5 Å². The summed E-state index contributed by atoms with van der Waals surface area (Å²) in [6.07, 6.45) is 4.82. The molecule has 1 atom stereocenters. The first-order valence-electron chi connectivity index (χ1n) is 9.55. The third-order valence-corrected chi connectivity index (χ3v) is 4.63. The van der Waals surface area contributed by atoms with Crippen molar-refractivity contribution in [2.75, 3.05) is 26.2 Å². The van der Waals surface area contributed by atoms with Crippen molar-refractivity contribution >= 4 is 5.96 Å². The van der Waals surface area contributed by atoms with Gasteiger partial charge in [-0.05, 0) is 57.0 Å². The molecule has 1 unspecified atom stereocenters. The molecule has 2 aromatic rings. The Balaban J connectivity index is 1.52. The van der Waals surface area contributed by atoms with E-state index < -0.39 is 0 Å². The van der Waals surface area contributed by atoms with E-state index in [2.05, 4.69) is 34.6 Å². The van der Waals surface area contributed by atoms with Gasteiger partial charge in [-0.2, -0.15) is 5.10 Å². The summed E-state index contributed by atoms with van der Waals surface area (Å²) in [6.45, 7) is 7.19. The van der Waals surface area contributed by atoms with Gasteiger partial charge in [0, 0.05) is 32.3 Å². The average molecular weight is 373 g/mol. The second kappa shape index (κ2) is 8.99. The molecule has 0 saturated carbocycles. The van der Waals surface area contributed by atoms with Crippen LogP contribution in [0.25, 0.3) is 5.69 Å². The van der Waals surface area contributed by atoms with Crippen LogP contribution in [0.1, 0.15) is 32.4 Å². The highest BCUT2D eigenvalue weighted by Gasteiger charge is 2.29. The van der Waals surface area contributed by atoms with Gasteiger partial charge in [0.2, 0.25) is 0 Å². The van der Waals surface area contributed by atoms with Crippen LogP contribution in [0.4, 0.5) is 4.39 Å². The van der Waals surface area contributed by atoms with E-state index in [4.69, 9.17) is 4.74 Å². The second-order valence-electron chi connectivity index (χ2n) is 7.00. The first-order chi connectivity index (χ1) is 13.1. The van der Waals surface area contributed by atoms with Crippen LogP contribution in [-0.2, 0) is 11.2 Å². The van der Waals surface area contributed by atoms with Gasteiger partial charge in [0.25, 0.3) is 0 Å². The highest BCUT2D eigenvalue weighted by atomic mass is 19.1. The van der Waals surface area contributed by atoms with Crippen molar-refractivity contribution in [1.82, 2.24) is 20.4 Å². The Morgan fingerprint density at radius 1 is 1.30 bits per heavy atom. The van der Waals surface area contributed by atoms with E-state index >= 15 is 0 Å². The van der Waals surface area contributed by atoms with Gasteiger partial charge in [0.15, 0.2) is 5.96 Å². The minimum Gasteiger partial charge on any atom is -0.373 e. The smallest absolute Gasteiger partial charge is 0.191 e.